The fourth-order valence-corrected chi connectivity index (χ4v) is 2.60. The van der Waals surface area contributed by atoms with E-state index in [0.29, 0.717) is 11.7 Å². The molecule has 1 unspecified atom stereocenters. The quantitative estimate of drug-likeness (QED) is 0.927. The zero-order valence-corrected chi connectivity index (χ0v) is 11.8. The van der Waals surface area contributed by atoms with E-state index in [1.165, 1.54) is 11.1 Å². The van der Waals surface area contributed by atoms with Crippen molar-refractivity contribution in [2.24, 2.45) is 0 Å². The molecule has 2 aromatic rings. The van der Waals surface area contributed by atoms with Crippen molar-refractivity contribution in [3.8, 4) is 0 Å². The summed E-state index contributed by atoms with van der Waals surface area (Å²) in [5.41, 5.74) is 2.68. The van der Waals surface area contributed by atoms with Gasteiger partial charge in [-0.05, 0) is 24.0 Å². The Kier molecular flexibility index (Phi) is 3.80. The molecule has 1 aliphatic rings. The summed E-state index contributed by atoms with van der Waals surface area (Å²) in [5.74, 6) is 1.27. The predicted molar refractivity (Wildman–Crippen MR) is 74.1 cm³/mol. The Hall–Kier alpha value is -1.72. The molecule has 1 aliphatic heterocycles. The highest BCUT2D eigenvalue weighted by molar-refractivity contribution is 5.30. The smallest absolute Gasteiger partial charge is 0.244 e. The van der Waals surface area contributed by atoms with Gasteiger partial charge in [0.1, 0.15) is 6.10 Å². The van der Waals surface area contributed by atoms with Gasteiger partial charge in [0.25, 0.3) is 0 Å². The molecule has 0 fully saturated rings. The first-order valence-corrected chi connectivity index (χ1v) is 6.98. The van der Waals surface area contributed by atoms with Crippen molar-refractivity contribution in [2.75, 3.05) is 7.11 Å². The largest absolute Gasteiger partial charge is 0.373 e. The number of rotatable bonds is 4. The van der Waals surface area contributed by atoms with Gasteiger partial charge in [-0.2, -0.15) is 4.98 Å². The molecule has 3 rings (SSSR count). The van der Waals surface area contributed by atoms with E-state index in [9.17, 15) is 0 Å². The van der Waals surface area contributed by atoms with Crippen LogP contribution in [0, 0.1) is 0 Å². The third-order valence-corrected chi connectivity index (χ3v) is 3.78. The van der Waals surface area contributed by atoms with Crippen LogP contribution in [0.1, 0.15) is 48.3 Å². The topological polar surface area (TPSA) is 60.2 Å². The van der Waals surface area contributed by atoms with E-state index in [2.05, 4.69) is 39.7 Å². The number of nitrogens with one attached hydrogen (secondary N) is 1. The lowest BCUT2D eigenvalue weighted by atomic mass is 9.96. The van der Waals surface area contributed by atoms with Gasteiger partial charge >= 0.3 is 0 Å². The number of methoxy groups -OCH3 is 1. The SMILES string of the molecule is CCC(OC)c1noc([C@H]2Cc3ccccc3CN2)n1. The lowest BCUT2D eigenvalue weighted by Gasteiger charge is -2.23. The summed E-state index contributed by atoms with van der Waals surface area (Å²) in [5, 5.41) is 7.48. The van der Waals surface area contributed by atoms with Crippen LogP contribution in [0.25, 0.3) is 0 Å². The van der Waals surface area contributed by atoms with E-state index in [1.54, 1.807) is 7.11 Å². The molecule has 1 aromatic heterocycles. The molecule has 0 radical (unpaired) electrons. The molecular weight excluding hydrogens is 254 g/mol. The summed E-state index contributed by atoms with van der Waals surface area (Å²) in [7, 11) is 1.67. The molecule has 20 heavy (non-hydrogen) atoms. The number of nitrogens with zero attached hydrogens (tertiary/aromatic N) is 2. The second kappa shape index (κ2) is 5.73. The van der Waals surface area contributed by atoms with Crippen molar-refractivity contribution in [3.63, 3.8) is 0 Å². The van der Waals surface area contributed by atoms with Crippen LogP contribution in [0.15, 0.2) is 28.8 Å². The molecule has 0 saturated carbocycles. The number of hydrogen-bond acceptors (Lipinski definition) is 5. The van der Waals surface area contributed by atoms with Gasteiger partial charge in [-0.1, -0.05) is 36.3 Å². The highest BCUT2D eigenvalue weighted by atomic mass is 16.5. The predicted octanol–water partition coefficient (Wildman–Crippen LogP) is 2.55. The van der Waals surface area contributed by atoms with Crippen LogP contribution in [-0.2, 0) is 17.7 Å². The van der Waals surface area contributed by atoms with Crippen molar-refractivity contribution in [1.29, 1.82) is 0 Å². The van der Waals surface area contributed by atoms with E-state index >= 15 is 0 Å². The van der Waals surface area contributed by atoms with Crippen molar-refractivity contribution < 1.29 is 9.26 Å². The van der Waals surface area contributed by atoms with E-state index in [0.717, 1.165) is 19.4 Å². The van der Waals surface area contributed by atoms with Crippen molar-refractivity contribution in [2.45, 2.75) is 38.5 Å². The molecule has 2 atom stereocenters. The molecule has 0 saturated heterocycles. The summed E-state index contributed by atoms with van der Waals surface area (Å²) in [6.45, 7) is 2.87. The van der Waals surface area contributed by atoms with Crippen LogP contribution in [-0.4, -0.2) is 17.3 Å². The fourth-order valence-electron chi connectivity index (χ4n) is 2.60. The second-order valence-electron chi connectivity index (χ2n) is 5.03. The summed E-state index contributed by atoms with van der Waals surface area (Å²) in [6, 6.07) is 8.52. The van der Waals surface area contributed by atoms with Gasteiger partial charge in [0.05, 0.1) is 6.04 Å². The van der Waals surface area contributed by atoms with Gasteiger partial charge in [0.2, 0.25) is 11.7 Å². The number of benzene rings is 1. The first kappa shape index (κ1) is 13.3. The Labute approximate surface area is 118 Å². The lowest BCUT2D eigenvalue weighted by Crippen LogP contribution is -2.28. The zero-order valence-electron chi connectivity index (χ0n) is 11.8. The summed E-state index contributed by atoms with van der Waals surface area (Å²) in [4.78, 5) is 4.48. The summed E-state index contributed by atoms with van der Waals surface area (Å²) >= 11 is 0. The van der Waals surface area contributed by atoms with Crippen LogP contribution in [0.4, 0.5) is 0 Å². The second-order valence-corrected chi connectivity index (χ2v) is 5.03. The van der Waals surface area contributed by atoms with E-state index in [4.69, 9.17) is 9.26 Å². The van der Waals surface area contributed by atoms with Gasteiger partial charge in [-0.25, -0.2) is 0 Å². The van der Waals surface area contributed by atoms with Crippen LogP contribution < -0.4 is 5.32 Å². The molecule has 106 valence electrons. The molecule has 1 aromatic carbocycles. The Bertz CT molecular complexity index is 578. The molecule has 0 bridgehead atoms. The van der Waals surface area contributed by atoms with Gasteiger partial charge in [-0.15, -0.1) is 0 Å². The monoisotopic (exact) mass is 273 g/mol. The van der Waals surface area contributed by atoms with Gasteiger partial charge < -0.3 is 14.6 Å². The molecule has 5 heteroatoms. The molecule has 0 spiro atoms. The molecule has 5 nitrogen and oxygen atoms in total. The molecule has 2 heterocycles. The molecular formula is C15H19N3O2. The first-order valence-electron chi connectivity index (χ1n) is 6.98. The van der Waals surface area contributed by atoms with Crippen LogP contribution >= 0.6 is 0 Å². The number of fused-ring (bicyclic) bond motifs is 1. The maximum atomic E-state index is 5.40. The average molecular weight is 273 g/mol. The van der Waals surface area contributed by atoms with E-state index in [1.807, 2.05) is 6.92 Å². The van der Waals surface area contributed by atoms with Crippen LogP contribution in [0.3, 0.4) is 0 Å². The third-order valence-electron chi connectivity index (χ3n) is 3.78. The Morgan fingerprint density at radius 3 is 2.95 bits per heavy atom. The van der Waals surface area contributed by atoms with Crippen molar-refractivity contribution in [3.05, 3.63) is 47.1 Å². The number of aromatic nitrogens is 2. The standard InChI is InChI=1S/C15H19N3O2/c1-3-13(19-2)14-17-15(20-18-14)12-8-10-6-4-5-7-11(10)9-16-12/h4-7,12-13,16H,3,8-9H2,1-2H3/t12-,13?/m1/s1. The first-order chi connectivity index (χ1) is 9.81. The minimum absolute atomic E-state index is 0.0838. The summed E-state index contributed by atoms with van der Waals surface area (Å²) in [6.07, 6.45) is 1.61. The maximum Gasteiger partial charge on any atom is 0.244 e. The van der Waals surface area contributed by atoms with Crippen LogP contribution in [0.5, 0.6) is 0 Å². The number of ether oxygens (including phenoxy) is 1. The molecule has 0 aliphatic carbocycles. The van der Waals surface area contributed by atoms with Crippen molar-refractivity contribution in [1.82, 2.24) is 15.5 Å². The van der Waals surface area contributed by atoms with Gasteiger partial charge in [0.15, 0.2) is 0 Å². The molecule has 1 N–H and O–H groups in total. The minimum Gasteiger partial charge on any atom is -0.373 e. The Morgan fingerprint density at radius 1 is 1.40 bits per heavy atom. The fraction of sp³-hybridized carbons (Fsp3) is 0.467. The van der Waals surface area contributed by atoms with E-state index in [-0.39, 0.29) is 12.1 Å². The normalized spacial score (nSPS) is 19.6. The average Bonchev–Trinajstić information content (AvgIpc) is 2.98. The highest BCUT2D eigenvalue weighted by Gasteiger charge is 2.25. The Morgan fingerprint density at radius 2 is 2.20 bits per heavy atom. The Balaban J connectivity index is 1.78. The maximum absolute atomic E-state index is 5.40. The highest BCUT2D eigenvalue weighted by Crippen LogP contribution is 2.26. The molecule has 0 amide bonds. The summed E-state index contributed by atoms with van der Waals surface area (Å²) < 4.78 is 10.7. The number of hydrogen-bond donors (Lipinski definition) is 1. The van der Waals surface area contributed by atoms with E-state index < -0.39 is 0 Å². The van der Waals surface area contributed by atoms with Gasteiger partial charge in [0, 0.05) is 13.7 Å². The van der Waals surface area contributed by atoms with Gasteiger partial charge in [-0.3, -0.25) is 0 Å². The van der Waals surface area contributed by atoms with Crippen LogP contribution in [0.2, 0.25) is 0 Å². The zero-order chi connectivity index (χ0) is 13.9. The lowest BCUT2D eigenvalue weighted by molar-refractivity contribution is 0.0903. The minimum atomic E-state index is -0.0941. The van der Waals surface area contributed by atoms with Crippen molar-refractivity contribution >= 4 is 0 Å². The third kappa shape index (κ3) is 2.46.